The van der Waals surface area contributed by atoms with Crippen molar-refractivity contribution in [1.29, 1.82) is 0 Å². The molecule has 0 radical (unpaired) electrons. The molecule has 2 atom stereocenters. The van der Waals surface area contributed by atoms with Crippen LogP contribution in [0.5, 0.6) is 0 Å². The van der Waals surface area contributed by atoms with Crippen LogP contribution in [-0.2, 0) is 13.7 Å². The average Bonchev–Trinajstić information content (AvgIpc) is 2.73. The molecule has 14 heteroatoms. The van der Waals surface area contributed by atoms with Crippen LogP contribution in [0.1, 0.15) is 41.5 Å². The van der Waals surface area contributed by atoms with Crippen LogP contribution in [0.25, 0.3) is 0 Å². The third kappa shape index (κ3) is 31.1. The van der Waals surface area contributed by atoms with Crippen molar-refractivity contribution in [2.24, 2.45) is 0 Å². The molecule has 0 aliphatic heterocycles. The predicted octanol–water partition coefficient (Wildman–Crippen LogP) is -0.694. The molecule has 0 aromatic rings. The van der Waals surface area contributed by atoms with E-state index in [-0.39, 0.29) is 17.4 Å². The van der Waals surface area contributed by atoms with Gasteiger partial charge in [-0.2, -0.15) is 0 Å². The Morgan fingerprint density at radius 2 is 0.700 bits per heavy atom. The second kappa shape index (κ2) is 23.1. The number of hydrogen-bond donors (Lipinski definition) is 4. The molecule has 0 spiro atoms. The first kappa shape index (κ1) is 41.2. The summed E-state index contributed by atoms with van der Waals surface area (Å²) in [5, 5.41) is 33.2. The summed E-state index contributed by atoms with van der Waals surface area (Å²) in [6.45, 7) is 8.93. The van der Waals surface area contributed by atoms with Crippen LogP contribution in [0.2, 0.25) is 0 Å². The van der Waals surface area contributed by atoms with Gasteiger partial charge in [0.15, 0.2) is 0 Å². The standard InChI is InChI=1S/C4H10O4.3C4H11O2P.Al/c5-1-3(7)4(8)2-6;3*1-3-7(5,6)4-2;/h3-8H,1-2H2;3*3-4H2,1-2H3,(H,5,6);/q;;;;+3/p-3/t3-,4+;;;;. The predicted molar refractivity (Wildman–Crippen MR) is 118 cm³/mol. The molecule has 0 heterocycles. The minimum Gasteiger partial charge on any atom is -0.799 e. The van der Waals surface area contributed by atoms with Crippen LogP contribution in [0.4, 0.5) is 0 Å². The van der Waals surface area contributed by atoms with Gasteiger partial charge in [0.2, 0.25) is 0 Å². The molecule has 0 aliphatic rings. The molecule has 4 N–H and O–H groups in total. The zero-order valence-electron chi connectivity index (χ0n) is 19.0. The van der Waals surface area contributed by atoms with E-state index in [0.717, 1.165) is 0 Å². The van der Waals surface area contributed by atoms with Crippen molar-refractivity contribution < 1.29 is 48.8 Å². The van der Waals surface area contributed by atoms with E-state index < -0.39 is 47.5 Å². The quantitative estimate of drug-likeness (QED) is 0.226. The number of aliphatic hydroxyl groups excluding tert-OH is 4. The van der Waals surface area contributed by atoms with E-state index in [1.807, 2.05) is 0 Å². The van der Waals surface area contributed by atoms with Gasteiger partial charge in [-0.1, -0.05) is 41.5 Å². The van der Waals surface area contributed by atoms with Gasteiger partial charge in [0, 0.05) is 22.1 Å². The third-order valence-electron chi connectivity index (χ3n) is 3.71. The summed E-state index contributed by atoms with van der Waals surface area (Å²) in [5.41, 5.74) is 0. The molecular weight excluding hydrogens is 472 g/mol. The molecule has 10 nitrogen and oxygen atoms in total. The Kier molecular flexibility index (Phi) is 31.8. The van der Waals surface area contributed by atoms with Crippen molar-refractivity contribution in [2.75, 3.05) is 50.2 Å². The van der Waals surface area contributed by atoms with Crippen LogP contribution >= 0.6 is 22.1 Å². The first-order valence-corrected chi connectivity index (χ1v) is 15.5. The van der Waals surface area contributed by atoms with Gasteiger partial charge in [-0.25, -0.2) is 0 Å². The van der Waals surface area contributed by atoms with Crippen LogP contribution in [0, 0.1) is 0 Å². The second-order valence-electron chi connectivity index (χ2n) is 5.84. The first-order valence-electron chi connectivity index (χ1n) is 9.53. The Hall–Kier alpha value is 0.942. The molecule has 0 bridgehead atoms. The average molecular weight is 512 g/mol. The van der Waals surface area contributed by atoms with E-state index in [2.05, 4.69) is 0 Å². The molecule has 0 unspecified atom stereocenters. The summed E-state index contributed by atoms with van der Waals surface area (Å²) in [6, 6.07) is 0. The normalized spacial score (nSPS) is 13.1. The van der Waals surface area contributed by atoms with Crippen LogP contribution in [0.15, 0.2) is 0 Å². The van der Waals surface area contributed by atoms with E-state index in [0.29, 0.717) is 37.0 Å². The van der Waals surface area contributed by atoms with E-state index in [1.165, 1.54) is 0 Å². The molecule has 0 fully saturated rings. The SMILES string of the molecule is CCP(=O)([O-])CC.CCP(=O)([O-])CC.CCP(=O)([O-])CC.OC[C@@H](O)[C@@H](O)CO.[Al+3]. The second-order valence-corrected chi connectivity index (χ2v) is 14.5. The Balaban J connectivity index is -0.0000000917. The summed E-state index contributed by atoms with van der Waals surface area (Å²) >= 11 is 0. The van der Waals surface area contributed by atoms with E-state index in [1.54, 1.807) is 41.5 Å². The van der Waals surface area contributed by atoms with Crippen LogP contribution in [-0.4, -0.2) is 100 Å². The summed E-state index contributed by atoms with van der Waals surface area (Å²) in [7, 11) is -8.71. The zero-order chi connectivity index (χ0) is 24.3. The molecule has 0 amide bonds. The van der Waals surface area contributed by atoms with E-state index >= 15 is 0 Å². The maximum atomic E-state index is 10.4. The molecule has 0 aliphatic carbocycles. The number of rotatable bonds is 9. The van der Waals surface area contributed by atoms with Gasteiger partial charge in [-0.3, -0.25) is 0 Å². The van der Waals surface area contributed by atoms with Crippen molar-refractivity contribution in [3.05, 3.63) is 0 Å². The van der Waals surface area contributed by atoms with Gasteiger partial charge < -0.3 is 48.8 Å². The van der Waals surface area contributed by atoms with Crippen molar-refractivity contribution in [2.45, 2.75) is 53.8 Å². The summed E-state index contributed by atoms with van der Waals surface area (Å²) < 4.78 is 31.2. The van der Waals surface area contributed by atoms with E-state index in [4.69, 9.17) is 20.4 Å². The zero-order valence-corrected chi connectivity index (χ0v) is 22.8. The fourth-order valence-corrected chi connectivity index (χ4v) is 2.26. The van der Waals surface area contributed by atoms with Crippen molar-refractivity contribution in [3.8, 4) is 0 Å². The molecule has 30 heavy (non-hydrogen) atoms. The summed E-state index contributed by atoms with van der Waals surface area (Å²) in [4.78, 5) is 31.2. The van der Waals surface area contributed by atoms with Crippen LogP contribution < -0.4 is 14.7 Å². The van der Waals surface area contributed by atoms with Gasteiger partial charge in [0.1, 0.15) is 12.2 Å². The fraction of sp³-hybridized carbons (Fsp3) is 1.00. The van der Waals surface area contributed by atoms with Gasteiger partial charge in [0.05, 0.1) is 13.2 Å². The Labute approximate surface area is 192 Å². The van der Waals surface area contributed by atoms with Gasteiger partial charge >= 0.3 is 17.4 Å². The molecule has 182 valence electrons. The minimum atomic E-state index is -2.90. The first-order chi connectivity index (χ1) is 13.1. The monoisotopic (exact) mass is 512 g/mol. The third-order valence-corrected chi connectivity index (χ3v) is 9.49. The Morgan fingerprint density at radius 1 is 0.567 bits per heavy atom. The Morgan fingerprint density at radius 3 is 0.733 bits per heavy atom. The largest absolute Gasteiger partial charge is 3.00 e. The fourth-order valence-electron chi connectivity index (χ4n) is 0.914. The number of aliphatic hydroxyl groups is 4. The topological polar surface area (TPSA) is 201 Å². The minimum absolute atomic E-state index is 0. The van der Waals surface area contributed by atoms with Crippen molar-refractivity contribution in [1.82, 2.24) is 0 Å². The van der Waals surface area contributed by atoms with Crippen molar-refractivity contribution >= 4 is 39.5 Å². The van der Waals surface area contributed by atoms with Crippen LogP contribution in [0.3, 0.4) is 0 Å². The molecular formula is C16H40AlO10P3. The number of hydrogen-bond acceptors (Lipinski definition) is 10. The molecule has 0 aromatic carbocycles. The molecule has 0 saturated heterocycles. The Bertz CT molecular complexity index is 419. The van der Waals surface area contributed by atoms with Gasteiger partial charge in [-0.05, 0) is 37.0 Å². The van der Waals surface area contributed by atoms with E-state index in [9.17, 15) is 28.4 Å². The van der Waals surface area contributed by atoms with Gasteiger partial charge in [0.25, 0.3) is 0 Å². The smallest absolute Gasteiger partial charge is 0.799 e. The molecule has 0 rings (SSSR count). The molecule has 0 saturated carbocycles. The summed E-state index contributed by atoms with van der Waals surface area (Å²) in [6.07, 6.45) is -0.674. The van der Waals surface area contributed by atoms with Crippen molar-refractivity contribution in [3.63, 3.8) is 0 Å². The summed E-state index contributed by atoms with van der Waals surface area (Å²) in [5.74, 6) is 0. The maximum absolute atomic E-state index is 10.4. The maximum Gasteiger partial charge on any atom is 3.00 e. The van der Waals surface area contributed by atoms with Gasteiger partial charge in [-0.15, -0.1) is 0 Å². The molecule has 0 aromatic heterocycles.